The van der Waals surface area contributed by atoms with E-state index in [1.54, 1.807) is 18.0 Å². The number of fused-ring (bicyclic) bond motifs is 1. The minimum atomic E-state index is -0.174. The molecule has 4 aromatic rings. The van der Waals surface area contributed by atoms with Gasteiger partial charge in [0, 0.05) is 18.2 Å². The van der Waals surface area contributed by atoms with Gasteiger partial charge in [-0.3, -0.25) is 9.48 Å². The lowest BCUT2D eigenvalue weighted by Gasteiger charge is -2.12. The average molecular weight is 440 g/mol. The van der Waals surface area contributed by atoms with Crippen LogP contribution in [0.3, 0.4) is 0 Å². The van der Waals surface area contributed by atoms with Crippen LogP contribution in [-0.2, 0) is 13.0 Å². The summed E-state index contributed by atoms with van der Waals surface area (Å²) >= 11 is 0. The van der Waals surface area contributed by atoms with Crippen molar-refractivity contribution < 1.29 is 14.3 Å². The van der Waals surface area contributed by atoms with E-state index in [1.807, 2.05) is 72.8 Å². The summed E-state index contributed by atoms with van der Waals surface area (Å²) in [5.41, 5.74) is 4.26. The van der Waals surface area contributed by atoms with E-state index < -0.39 is 0 Å². The fraction of sp³-hybridized carbons (Fsp3) is 0.185. The highest BCUT2D eigenvalue weighted by atomic mass is 16.5. The van der Waals surface area contributed by atoms with E-state index in [2.05, 4.69) is 11.4 Å². The van der Waals surface area contributed by atoms with Gasteiger partial charge in [0.1, 0.15) is 23.3 Å². The number of ether oxygens (including phenoxy) is 2. The summed E-state index contributed by atoms with van der Waals surface area (Å²) in [5, 5.41) is 7.80. The number of benzene rings is 3. The Hall–Kier alpha value is -4.06. The van der Waals surface area contributed by atoms with Gasteiger partial charge in [0.05, 0.1) is 25.8 Å². The third kappa shape index (κ3) is 4.60. The van der Waals surface area contributed by atoms with Crippen LogP contribution in [0.1, 0.15) is 21.5 Å². The van der Waals surface area contributed by atoms with E-state index in [-0.39, 0.29) is 12.0 Å². The Morgan fingerprint density at radius 2 is 1.91 bits per heavy atom. The number of hydrogen-bond donors (Lipinski definition) is 1. The molecule has 0 saturated heterocycles. The standard InChI is InChI=1S/C27H25N3O3/c1-32-22-12-7-11-21(15-22)26-24(18-30(29-26)17-19-8-3-2-4-9-19)27(31)28-16-23-14-20-10-5-6-13-25(20)33-23/h2-13,15,18,23H,14,16-17H2,1H3,(H,28,31). The van der Waals surface area contributed by atoms with Gasteiger partial charge in [0.25, 0.3) is 5.91 Å². The number of carbonyl (C=O) groups is 1. The van der Waals surface area contributed by atoms with Crippen LogP contribution in [-0.4, -0.2) is 35.4 Å². The molecule has 0 saturated carbocycles. The molecule has 6 nitrogen and oxygen atoms in total. The lowest BCUT2D eigenvalue weighted by atomic mass is 10.1. The molecule has 0 spiro atoms. The van der Waals surface area contributed by atoms with E-state index in [0.717, 1.165) is 23.3 Å². The number of rotatable bonds is 7. The van der Waals surface area contributed by atoms with E-state index >= 15 is 0 Å². The smallest absolute Gasteiger partial charge is 0.255 e. The topological polar surface area (TPSA) is 65.4 Å². The molecule has 6 heteroatoms. The number of nitrogens with zero attached hydrogens (tertiary/aromatic N) is 2. The minimum Gasteiger partial charge on any atom is -0.497 e. The highest BCUT2D eigenvalue weighted by Crippen LogP contribution is 2.29. The van der Waals surface area contributed by atoms with E-state index in [1.165, 1.54) is 5.56 Å². The third-order valence-electron chi connectivity index (χ3n) is 5.74. The number of hydrogen-bond acceptors (Lipinski definition) is 4. The second-order valence-electron chi connectivity index (χ2n) is 8.07. The summed E-state index contributed by atoms with van der Waals surface area (Å²) in [6.45, 7) is 1.00. The molecule has 2 heterocycles. The van der Waals surface area contributed by atoms with Crippen molar-refractivity contribution in [2.24, 2.45) is 0 Å². The van der Waals surface area contributed by atoms with Crippen molar-refractivity contribution in [1.29, 1.82) is 0 Å². The van der Waals surface area contributed by atoms with Crippen LogP contribution in [0.25, 0.3) is 11.3 Å². The Balaban J connectivity index is 1.38. The number of aromatic nitrogens is 2. The Morgan fingerprint density at radius 1 is 1.09 bits per heavy atom. The average Bonchev–Trinajstić information content (AvgIpc) is 3.47. The first kappa shape index (κ1) is 20.8. The zero-order chi connectivity index (χ0) is 22.6. The van der Waals surface area contributed by atoms with Gasteiger partial charge < -0.3 is 14.8 Å². The molecule has 0 bridgehead atoms. The second-order valence-corrected chi connectivity index (χ2v) is 8.07. The van der Waals surface area contributed by atoms with E-state index in [0.29, 0.717) is 30.1 Å². The summed E-state index contributed by atoms with van der Waals surface area (Å²) < 4.78 is 13.2. The summed E-state index contributed by atoms with van der Waals surface area (Å²) in [6.07, 6.45) is 2.51. The normalized spacial score (nSPS) is 14.4. The van der Waals surface area contributed by atoms with Crippen molar-refractivity contribution in [1.82, 2.24) is 15.1 Å². The minimum absolute atomic E-state index is 0.0778. The van der Waals surface area contributed by atoms with Crippen molar-refractivity contribution in [3.8, 4) is 22.8 Å². The largest absolute Gasteiger partial charge is 0.497 e. The highest BCUT2D eigenvalue weighted by Gasteiger charge is 2.24. The van der Waals surface area contributed by atoms with E-state index in [9.17, 15) is 4.79 Å². The first-order valence-electron chi connectivity index (χ1n) is 11.0. The van der Waals surface area contributed by atoms with Crippen LogP contribution in [0.5, 0.6) is 11.5 Å². The zero-order valence-corrected chi connectivity index (χ0v) is 18.4. The third-order valence-corrected chi connectivity index (χ3v) is 5.74. The number of para-hydroxylation sites is 1. The van der Waals surface area contributed by atoms with Crippen LogP contribution in [0.4, 0.5) is 0 Å². The van der Waals surface area contributed by atoms with Gasteiger partial charge in [-0.1, -0.05) is 60.7 Å². The molecule has 3 aromatic carbocycles. The van der Waals surface area contributed by atoms with Crippen molar-refractivity contribution >= 4 is 5.91 Å². The van der Waals surface area contributed by atoms with Gasteiger partial charge in [-0.25, -0.2) is 0 Å². The lowest BCUT2D eigenvalue weighted by molar-refractivity contribution is 0.0934. The molecule has 0 fully saturated rings. The number of methoxy groups -OCH3 is 1. The second kappa shape index (κ2) is 9.20. The molecule has 33 heavy (non-hydrogen) atoms. The predicted molar refractivity (Wildman–Crippen MR) is 127 cm³/mol. The van der Waals surface area contributed by atoms with Crippen LogP contribution >= 0.6 is 0 Å². The first-order chi connectivity index (χ1) is 16.2. The van der Waals surface area contributed by atoms with Gasteiger partial charge >= 0.3 is 0 Å². The quantitative estimate of drug-likeness (QED) is 0.465. The van der Waals surface area contributed by atoms with Crippen LogP contribution in [0.15, 0.2) is 85.1 Å². The predicted octanol–water partition coefficient (Wildman–Crippen LogP) is 4.34. The number of carbonyl (C=O) groups excluding carboxylic acids is 1. The molecule has 0 aliphatic carbocycles. The van der Waals surface area contributed by atoms with Gasteiger partial charge in [-0.2, -0.15) is 5.10 Å². The van der Waals surface area contributed by atoms with Gasteiger partial charge in [-0.15, -0.1) is 0 Å². The van der Waals surface area contributed by atoms with Crippen molar-refractivity contribution in [2.75, 3.05) is 13.7 Å². The Kier molecular flexibility index (Phi) is 5.81. The Morgan fingerprint density at radius 3 is 2.73 bits per heavy atom. The van der Waals surface area contributed by atoms with Crippen molar-refractivity contribution in [3.05, 3.63) is 102 Å². The van der Waals surface area contributed by atoms with Crippen molar-refractivity contribution in [2.45, 2.75) is 19.1 Å². The maximum Gasteiger partial charge on any atom is 0.255 e. The molecule has 5 rings (SSSR count). The number of amides is 1. The molecule has 0 radical (unpaired) electrons. The molecule has 1 aliphatic heterocycles. The Bertz CT molecular complexity index is 1240. The molecule has 166 valence electrons. The van der Waals surface area contributed by atoms with E-state index in [4.69, 9.17) is 14.6 Å². The summed E-state index contributed by atoms with van der Waals surface area (Å²) in [4.78, 5) is 13.2. The van der Waals surface area contributed by atoms with Gasteiger partial charge in [-0.05, 0) is 29.3 Å². The first-order valence-corrected chi connectivity index (χ1v) is 11.0. The SMILES string of the molecule is COc1cccc(-c2nn(Cc3ccccc3)cc2C(=O)NCC2Cc3ccccc3O2)c1. The van der Waals surface area contributed by atoms with Crippen molar-refractivity contribution in [3.63, 3.8) is 0 Å². The highest BCUT2D eigenvalue weighted by molar-refractivity contribution is 5.99. The molecular formula is C27H25N3O3. The zero-order valence-electron chi connectivity index (χ0n) is 18.4. The lowest BCUT2D eigenvalue weighted by Crippen LogP contribution is -2.34. The molecule has 1 N–H and O–H groups in total. The maximum absolute atomic E-state index is 13.2. The molecule has 1 atom stereocenters. The van der Waals surface area contributed by atoms with Gasteiger partial charge in [0.15, 0.2) is 0 Å². The van der Waals surface area contributed by atoms with Gasteiger partial charge in [0.2, 0.25) is 0 Å². The van der Waals surface area contributed by atoms with Crippen LogP contribution in [0.2, 0.25) is 0 Å². The fourth-order valence-electron chi connectivity index (χ4n) is 4.09. The Labute approximate surface area is 192 Å². The van der Waals surface area contributed by atoms with Crippen LogP contribution < -0.4 is 14.8 Å². The molecule has 1 amide bonds. The molecule has 1 aromatic heterocycles. The van der Waals surface area contributed by atoms with Crippen LogP contribution in [0, 0.1) is 0 Å². The monoisotopic (exact) mass is 439 g/mol. The molecular weight excluding hydrogens is 414 g/mol. The summed E-state index contributed by atoms with van der Waals surface area (Å²) in [7, 11) is 1.63. The fourth-order valence-corrected chi connectivity index (χ4v) is 4.09. The maximum atomic E-state index is 13.2. The summed E-state index contributed by atoms with van der Waals surface area (Å²) in [5.74, 6) is 1.43. The molecule has 1 unspecified atom stereocenters. The number of nitrogens with one attached hydrogen (secondary N) is 1. The summed E-state index contributed by atoms with van der Waals surface area (Å²) in [6, 6.07) is 25.6. The molecule has 1 aliphatic rings.